The Bertz CT molecular complexity index is 1160. The molecule has 7 heteroatoms. The van der Waals surface area contributed by atoms with Gasteiger partial charge in [-0.05, 0) is 38.6 Å². The normalized spacial score (nSPS) is 15.7. The lowest BCUT2D eigenvalue weighted by atomic mass is 9.80. The summed E-state index contributed by atoms with van der Waals surface area (Å²) in [5.74, 6) is 0.828. The van der Waals surface area contributed by atoms with E-state index in [4.69, 9.17) is 10.3 Å². The van der Waals surface area contributed by atoms with E-state index in [1.165, 1.54) is 0 Å². The molecule has 4 rings (SSSR count). The molecular formula is C27H33N5O2. The van der Waals surface area contributed by atoms with Crippen LogP contribution in [0.1, 0.15) is 53.9 Å². The predicted octanol–water partition coefficient (Wildman–Crippen LogP) is 4.20. The van der Waals surface area contributed by atoms with Crippen molar-refractivity contribution >= 4 is 17.6 Å². The molecule has 0 aliphatic carbocycles. The third kappa shape index (κ3) is 5.04. The first kappa shape index (κ1) is 23.7. The highest BCUT2D eigenvalue weighted by molar-refractivity contribution is 6.09. The number of ketones is 1. The molecule has 1 saturated heterocycles. The molecule has 0 amide bonds. The molecule has 1 aromatic heterocycles. The topological polar surface area (TPSA) is 88.0 Å². The van der Waals surface area contributed by atoms with Gasteiger partial charge in [-0.15, -0.1) is 0 Å². The Morgan fingerprint density at radius 1 is 1.06 bits per heavy atom. The zero-order chi connectivity index (χ0) is 24.3. The number of nitrogens with zero attached hydrogens (tertiary/aromatic N) is 4. The number of aliphatic imine (C=N–C) groups is 1. The minimum absolute atomic E-state index is 0.00509. The van der Waals surface area contributed by atoms with Gasteiger partial charge in [-0.25, -0.2) is 0 Å². The van der Waals surface area contributed by atoms with E-state index >= 15 is 0 Å². The minimum atomic E-state index is -0.483. The number of hydrogen-bond donors (Lipinski definition) is 1. The fourth-order valence-electron chi connectivity index (χ4n) is 4.36. The van der Waals surface area contributed by atoms with Gasteiger partial charge in [0.25, 0.3) is 5.88 Å². The summed E-state index contributed by atoms with van der Waals surface area (Å²) in [5, 5.41) is 4.28. The summed E-state index contributed by atoms with van der Waals surface area (Å²) in [4.78, 5) is 21.8. The summed E-state index contributed by atoms with van der Waals surface area (Å²) in [6.07, 6.45) is 2.10. The molecule has 7 nitrogen and oxygen atoms in total. The van der Waals surface area contributed by atoms with Gasteiger partial charge < -0.3 is 20.1 Å². The van der Waals surface area contributed by atoms with E-state index in [0.717, 1.165) is 37.2 Å². The number of benzene rings is 2. The van der Waals surface area contributed by atoms with Gasteiger partial charge in [0.2, 0.25) is 0 Å². The van der Waals surface area contributed by atoms with Gasteiger partial charge in [0.15, 0.2) is 11.7 Å². The predicted molar refractivity (Wildman–Crippen MR) is 135 cm³/mol. The van der Waals surface area contributed by atoms with Gasteiger partial charge in [-0.3, -0.25) is 4.79 Å². The lowest BCUT2D eigenvalue weighted by Gasteiger charge is -2.35. The number of piperidine rings is 1. The summed E-state index contributed by atoms with van der Waals surface area (Å²) in [6.45, 7) is 5.85. The van der Waals surface area contributed by atoms with Crippen LogP contribution in [0.3, 0.4) is 0 Å². The third-order valence-corrected chi connectivity index (χ3v) is 6.76. The maximum atomic E-state index is 12.9. The molecular weight excluding hydrogens is 426 g/mol. The lowest BCUT2D eigenvalue weighted by molar-refractivity contribution is 0.103. The van der Waals surface area contributed by atoms with E-state index < -0.39 is 5.41 Å². The Morgan fingerprint density at radius 3 is 2.41 bits per heavy atom. The van der Waals surface area contributed by atoms with Crippen molar-refractivity contribution in [3.8, 4) is 0 Å². The van der Waals surface area contributed by atoms with E-state index in [9.17, 15) is 4.79 Å². The number of carbonyl (C=O) groups is 1. The smallest absolute Gasteiger partial charge is 0.253 e. The van der Waals surface area contributed by atoms with E-state index in [-0.39, 0.29) is 5.78 Å². The molecule has 0 radical (unpaired) electrons. The maximum Gasteiger partial charge on any atom is 0.253 e. The van der Waals surface area contributed by atoms with Gasteiger partial charge in [-0.1, -0.05) is 67.5 Å². The zero-order valence-electron chi connectivity index (χ0n) is 20.4. The molecule has 1 aliphatic heterocycles. The molecule has 2 aromatic carbocycles. The summed E-state index contributed by atoms with van der Waals surface area (Å²) >= 11 is 0. The van der Waals surface area contributed by atoms with Crippen molar-refractivity contribution < 1.29 is 9.32 Å². The first-order chi connectivity index (χ1) is 16.3. The molecule has 0 spiro atoms. The number of likely N-dealkylation sites (tertiary alicyclic amines) is 1. The van der Waals surface area contributed by atoms with Crippen LogP contribution in [0.25, 0.3) is 0 Å². The van der Waals surface area contributed by atoms with Crippen LogP contribution in [-0.2, 0) is 5.41 Å². The second-order valence-electron chi connectivity index (χ2n) is 9.60. The summed E-state index contributed by atoms with van der Waals surface area (Å²) < 4.78 is 5.52. The lowest BCUT2D eigenvalue weighted by Crippen LogP contribution is -2.47. The highest BCUT2D eigenvalue weighted by Gasteiger charge is 2.28. The van der Waals surface area contributed by atoms with E-state index in [1.54, 1.807) is 0 Å². The van der Waals surface area contributed by atoms with Crippen LogP contribution < -0.4 is 5.73 Å². The number of carbonyl (C=O) groups excluding carboxylic acids is 1. The van der Waals surface area contributed by atoms with Crippen LogP contribution in [0.15, 0.2) is 70.2 Å². The number of aromatic nitrogens is 1. The van der Waals surface area contributed by atoms with Crippen molar-refractivity contribution in [1.29, 1.82) is 0 Å². The van der Waals surface area contributed by atoms with Crippen LogP contribution in [0.5, 0.6) is 0 Å². The van der Waals surface area contributed by atoms with E-state index in [2.05, 4.69) is 47.9 Å². The highest BCUT2D eigenvalue weighted by Crippen LogP contribution is 2.33. The van der Waals surface area contributed by atoms with Crippen LogP contribution in [0.2, 0.25) is 0 Å². The average molecular weight is 460 g/mol. The van der Waals surface area contributed by atoms with Crippen molar-refractivity contribution in [2.24, 2.45) is 10.7 Å². The van der Waals surface area contributed by atoms with Crippen molar-refractivity contribution in [2.75, 3.05) is 27.2 Å². The Morgan fingerprint density at radius 2 is 1.74 bits per heavy atom. The van der Waals surface area contributed by atoms with Crippen molar-refractivity contribution in [3.63, 3.8) is 0 Å². The van der Waals surface area contributed by atoms with Gasteiger partial charge in [0.1, 0.15) is 0 Å². The Kier molecular flexibility index (Phi) is 6.84. The standard InChI is InChI=1S/C27H33N5O2/c1-27(2,21-12-8-11-20(17-21)25(33)19-9-6-5-7-10-19)23-18-24(34-30-23)29-26(28)32-15-13-22(14-16-32)31(3)4/h5-12,17-18,22H,13-16H2,1-4H3,(H2,28,29). The molecule has 0 atom stereocenters. The van der Waals surface area contributed by atoms with E-state index in [0.29, 0.717) is 29.0 Å². The second kappa shape index (κ2) is 9.81. The molecule has 178 valence electrons. The SMILES string of the molecule is CN(C)C1CCN(/C(N)=N/c2cc(C(C)(C)c3cccc(C(=O)c4ccccc4)c3)no2)CC1. The van der Waals surface area contributed by atoms with Crippen LogP contribution >= 0.6 is 0 Å². The summed E-state index contributed by atoms with van der Waals surface area (Å²) in [5.41, 5.74) is 8.80. The fraction of sp³-hybridized carbons (Fsp3) is 0.370. The molecule has 0 bridgehead atoms. The Labute approximate surface area is 201 Å². The van der Waals surface area contributed by atoms with Gasteiger partial charge in [0.05, 0.1) is 5.69 Å². The summed E-state index contributed by atoms with van der Waals surface area (Å²) in [6, 6.07) is 19.4. The van der Waals surface area contributed by atoms with Crippen LogP contribution in [0.4, 0.5) is 5.88 Å². The highest BCUT2D eigenvalue weighted by atomic mass is 16.5. The van der Waals surface area contributed by atoms with Crippen molar-refractivity contribution in [2.45, 2.75) is 38.1 Å². The molecule has 2 N–H and O–H groups in total. The Balaban J connectivity index is 1.51. The first-order valence-electron chi connectivity index (χ1n) is 11.7. The zero-order valence-corrected chi connectivity index (χ0v) is 20.4. The fourth-order valence-corrected chi connectivity index (χ4v) is 4.36. The largest absolute Gasteiger partial charge is 0.369 e. The quantitative estimate of drug-likeness (QED) is 0.338. The molecule has 3 aromatic rings. The maximum absolute atomic E-state index is 12.9. The molecule has 0 saturated carbocycles. The van der Waals surface area contributed by atoms with Gasteiger partial charge in [-0.2, -0.15) is 4.99 Å². The van der Waals surface area contributed by atoms with Crippen LogP contribution in [0, 0.1) is 0 Å². The van der Waals surface area contributed by atoms with Gasteiger partial charge >= 0.3 is 0 Å². The minimum Gasteiger partial charge on any atom is -0.369 e. The second-order valence-corrected chi connectivity index (χ2v) is 9.60. The number of nitrogens with two attached hydrogens (primary N) is 1. The molecule has 1 fully saturated rings. The van der Waals surface area contributed by atoms with Crippen molar-refractivity contribution in [1.82, 2.24) is 15.0 Å². The molecule has 2 heterocycles. The number of guanidine groups is 1. The van der Waals surface area contributed by atoms with Gasteiger partial charge in [0, 0.05) is 41.7 Å². The Hall–Kier alpha value is -3.45. The summed E-state index contributed by atoms with van der Waals surface area (Å²) in [7, 11) is 4.23. The number of rotatable bonds is 6. The van der Waals surface area contributed by atoms with E-state index in [1.807, 2.05) is 60.7 Å². The number of hydrogen-bond acceptors (Lipinski definition) is 5. The third-order valence-electron chi connectivity index (χ3n) is 6.76. The molecule has 34 heavy (non-hydrogen) atoms. The van der Waals surface area contributed by atoms with Crippen molar-refractivity contribution in [3.05, 3.63) is 83.0 Å². The molecule has 0 unspecified atom stereocenters. The van der Waals surface area contributed by atoms with Crippen LogP contribution in [-0.4, -0.2) is 59.9 Å². The first-order valence-corrected chi connectivity index (χ1v) is 11.7. The molecule has 1 aliphatic rings. The average Bonchev–Trinajstić information content (AvgIpc) is 3.33. The monoisotopic (exact) mass is 459 g/mol.